The molecule has 2 heterocycles. The number of nitriles is 1. The van der Waals surface area contributed by atoms with Crippen molar-refractivity contribution in [1.29, 1.82) is 5.26 Å². The van der Waals surface area contributed by atoms with Gasteiger partial charge in [0.15, 0.2) is 0 Å². The molecule has 3 rings (SSSR count). The average molecular weight is 328 g/mol. The van der Waals surface area contributed by atoms with Crippen LogP contribution in [0.25, 0.3) is 0 Å². The van der Waals surface area contributed by atoms with Gasteiger partial charge in [-0.25, -0.2) is 0 Å². The number of amides is 1. The Kier molecular flexibility index (Phi) is 5.21. The Morgan fingerprint density at radius 2 is 2.17 bits per heavy atom. The molecule has 1 amide bonds. The number of ether oxygens (including phenoxy) is 1. The summed E-state index contributed by atoms with van der Waals surface area (Å²) in [5.74, 6) is 0.925. The molecule has 2 fully saturated rings. The average Bonchev–Trinajstić information content (AvgIpc) is 3.29. The van der Waals surface area contributed by atoms with Gasteiger partial charge in [0, 0.05) is 24.8 Å². The van der Waals surface area contributed by atoms with E-state index in [0.717, 1.165) is 43.7 Å². The molecule has 0 aromatic heterocycles. The van der Waals surface area contributed by atoms with E-state index in [1.165, 1.54) is 0 Å². The summed E-state index contributed by atoms with van der Waals surface area (Å²) >= 11 is 0. The van der Waals surface area contributed by atoms with Crippen molar-refractivity contribution in [3.63, 3.8) is 0 Å². The van der Waals surface area contributed by atoms with E-state index in [9.17, 15) is 4.79 Å². The van der Waals surface area contributed by atoms with Crippen LogP contribution < -0.4 is 15.4 Å². The third-order valence-corrected chi connectivity index (χ3v) is 4.87. The lowest BCUT2D eigenvalue weighted by molar-refractivity contribution is -0.133. The summed E-state index contributed by atoms with van der Waals surface area (Å²) in [7, 11) is 1.65. The molecule has 24 heavy (non-hydrogen) atoms. The Bertz CT molecular complexity index is 610. The summed E-state index contributed by atoms with van der Waals surface area (Å²) < 4.78 is 5.15. The highest BCUT2D eigenvalue weighted by atomic mass is 16.5. The number of nitrogens with one attached hydrogen (secondary N) is 2. The molecule has 2 aliphatic heterocycles. The number of methoxy groups -OCH3 is 1. The van der Waals surface area contributed by atoms with Gasteiger partial charge in [-0.15, -0.1) is 0 Å². The summed E-state index contributed by atoms with van der Waals surface area (Å²) in [5, 5.41) is 16.0. The van der Waals surface area contributed by atoms with Gasteiger partial charge >= 0.3 is 0 Å². The van der Waals surface area contributed by atoms with E-state index < -0.39 is 0 Å². The molecule has 6 heteroatoms. The molecular weight excluding hydrogens is 304 g/mol. The van der Waals surface area contributed by atoms with Crippen LogP contribution in [-0.2, 0) is 4.79 Å². The highest BCUT2D eigenvalue weighted by Gasteiger charge is 2.36. The molecule has 2 saturated heterocycles. The monoisotopic (exact) mass is 328 g/mol. The molecule has 0 radical (unpaired) electrons. The first-order valence-electron chi connectivity index (χ1n) is 8.55. The van der Waals surface area contributed by atoms with Crippen molar-refractivity contribution in [2.75, 3.05) is 25.5 Å². The van der Waals surface area contributed by atoms with Crippen LogP contribution in [0.5, 0.6) is 5.75 Å². The number of rotatable bonds is 5. The maximum Gasteiger partial charge on any atom is 0.240 e. The van der Waals surface area contributed by atoms with Gasteiger partial charge in [0.25, 0.3) is 0 Å². The first kappa shape index (κ1) is 16.6. The Balaban J connectivity index is 1.48. The summed E-state index contributed by atoms with van der Waals surface area (Å²) in [5.41, 5.74) is 1.04. The van der Waals surface area contributed by atoms with Crippen molar-refractivity contribution < 1.29 is 9.53 Å². The largest absolute Gasteiger partial charge is 0.497 e. The van der Waals surface area contributed by atoms with E-state index in [4.69, 9.17) is 10.00 Å². The smallest absolute Gasteiger partial charge is 0.240 e. The summed E-state index contributed by atoms with van der Waals surface area (Å²) in [6.45, 7) is 1.49. The second-order valence-electron chi connectivity index (χ2n) is 6.42. The highest BCUT2D eigenvalue weighted by Crippen LogP contribution is 2.22. The molecular formula is C18H24N4O2. The van der Waals surface area contributed by atoms with Gasteiger partial charge in [0.2, 0.25) is 5.91 Å². The van der Waals surface area contributed by atoms with Crippen molar-refractivity contribution in [2.45, 2.75) is 43.8 Å². The Hall–Kier alpha value is -2.26. The van der Waals surface area contributed by atoms with Gasteiger partial charge in [-0.2, -0.15) is 5.26 Å². The number of nitrogens with zero attached hydrogens (tertiary/aromatic N) is 2. The van der Waals surface area contributed by atoms with E-state index in [1.54, 1.807) is 12.0 Å². The van der Waals surface area contributed by atoms with E-state index >= 15 is 0 Å². The summed E-state index contributed by atoms with van der Waals surface area (Å²) in [6, 6.07) is 9.93. The van der Waals surface area contributed by atoms with Crippen molar-refractivity contribution in [3.8, 4) is 11.8 Å². The van der Waals surface area contributed by atoms with Crippen molar-refractivity contribution >= 4 is 11.6 Å². The fourth-order valence-corrected chi connectivity index (χ4v) is 3.49. The molecule has 0 saturated carbocycles. The number of carbonyl (C=O) groups is 1. The number of anilines is 1. The SMILES string of the molecule is COc1ccc(NC[C@H]2CC[C@H](C(=O)N3CCC[C@H]3C#N)N2)cc1. The van der Waals surface area contributed by atoms with Crippen molar-refractivity contribution in [3.05, 3.63) is 24.3 Å². The fourth-order valence-electron chi connectivity index (χ4n) is 3.49. The Morgan fingerprint density at radius 1 is 1.38 bits per heavy atom. The van der Waals surface area contributed by atoms with Crippen molar-refractivity contribution in [1.82, 2.24) is 10.2 Å². The van der Waals surface area contributed by atoms with E-state index in [2.05, 4.69) is 16.7 Å². The molecule has 1 aromatic rings. The standard InChI is InChI=1S/C18H24N4O2/c1-24-16-7-4-13(5-8-16)20-12-14-6-9-17(21-14)18(23)22-10-2-3-15(22)11-19/h4-5,7-8,14-15,17,20-21H,2-3,6,9-10,12H2,1H3/t14-,15+,17-/m1/s1. The van der Waals surface area contributed by atoms with Crippen LogP contribution in [0.15, 0.2) is 24.3 Å². The van der Waals surface area contributed by atoms with Crippen molar-refractivity contribution in [2.24, 2.45) is 0 Å². The van der Waals surface area contributed by atoms with Crippen LogP contribution in [-0.4, -0.2) is 49.1 Å². The van der Waals surface area contributed by atoms with Crippen LogP contribution in [0.3, 0.4) is 0 Å². The van der Waals surface area contributed by atoms with Crippen LogP contribution >= 0.6 is 0 Å². The van der Waals surface area contributed by atoms with Gasteiger partial charge in [-0.05, 0) is 49.9 Å². The molecule has 1 aromatic carbocycles. The lowest BCUT2D eigenvalue weighted by Gasteiger charge is -2.24. The van der Waals surface area contributed by atoms with Gasteiger partial charge in [0.1, 0.15) is 11.8 Å². The summed E-state index contributed by atoms with van der Waals surface area (Å²) in [4.78, 5) is 14.3. The fraction of sp³-hybridized carbons (Fsp3) is 0.556. The lowest BCUT2D eigenvalue weighted by atomic mass is 10.1. The van der Waals surface area contributed by atoms with Gasteiger partial charge < -0.3 is 20.3 Å². The number of benzene rings is 1. The van der Waals surface area contributed by atoms with Gasteiger partial charge in [0.05, 0.1) is 19.2 Å². The molecule has 6 nitrogen and oxygen atoms in total. The van der Waals surface area contributed by atoms with Gasteiger partial charge in [-0.3, -0.25) is 4.79 Å². The Labute approximate surface area is 142 Å². The number of carbonyl (C=O) groups excluding carboxylic acids is 1. The number of hydrogen-bond donors (Lipinski definition) is 2. The minimum absolute atomic E-state index is 0.0889. The van der Waals surface area contributed by atoms with Crippen LogP contribution in [0.4, 0.5) is 5.69 Å². The van der Waals surface area contributed by atoms with Crippen LogP contribution in [0.1, 0.15) is 25.7 Å². The molecule has 0 unspecified atom stereocenters. The zero-order chi connectivity index (χ0) is 16.9. The van der Waals surface area contributed by atoms with E-state index in [0.29, 0.717) is 6.54 Å². The molecule has 128 valence electrons. The third kappa shape index (κ3) is 3.62. The summed E-state index contributed by atoms with van der Waals surface area (Å²) in [6.07, 6.45) is 3.53. The molecule has 0 bridgehead atoms. The quantitative estimate of drug-likeness (QED) is 0.861. The maximum atomic E-state index is 12.6. The molecule has 2 N–H and O–H groups in total. The lowest BCUT2D eigenvalue weighted by Crippen LogP contribution is -2.47. The van der Waals surface area contributed by atoms with Gasteiger partial charge in [-0.1, -0.05) is 0 Å². The predicted molar refractivity (Wildman–Crippen MR) is 91.8 cm³/mol. The first-order chi connectivity index (χ1) is 11.7. The molecule has 0 spiro atoms. The Morgan fingerprint density at radius 3 is 2.88 bits per heavy atom. The topological polar surface area (TPSA) is 77.4 Å². The highest BCUT2D eigenvalue weighted by molar-refractivity contribution is 5.83. The maximum absolute atomic E-state index is 12.6. The third-order valence-electron chi connectivity index (χ3n) is 4.87. The number of hydrogen-bond acceptors (Lipinski definition) is 5. The van der Waals surface area contributed by atoms with Crippen LogP contribution in [0, 0.1) is 11.3 Å². The molecule has 2 aliphatic rings. The minimum atomic E-state index is -0.240. The molecule has 0 aliphatic carbocycles. The number of likely N-dealkylation sites (tertiary alicyclic amines) is 1. The zero-order valence-corrected chi connectivity index (χ0v) is 14.0. The normalized spacial score (nSPS) is 26.2. The molecule has 3 atom stereocenters. The first-order valence-corrected chi connectivity index (χ1v) is 8.55. The predicted octanol–water partition coefficient (Wildman–Crippen LogP) is 1.74. The minimum Gasteiger partial charge on any atom is -0.497 e. The second kappa shape index (κ2) is 7.54. The van der Waals surface area contributed by atoms with E-state index in [-0.39, 0.29) is 24.0 Å². The van der Waals surface area contributed by atoms with Crippen LogP contribution in [0.2, 0.25) is 0 Å². The zero-order valence-electron chi connectivity index (χ0n) is 14.0. The van der Waals surface area contributed by atoms with E-state index in [1.807, 2.05) is 24.3 Å². The second-order valence-corrected chi connectivity index (χ2v) is 6.42.